The minimum atomic E-state index is -0.369. The summed E-state index contributed by atoms with van der Waals surface area (Å²) in [5.41, 5.74) is 2.40. The van der Waals surface area contributed by atoms with Crippen molar-refractivity contribution in [2.24, 2.45) is 0 Å². The molecule has 0 bridgehead atoms. The zero-order valence-corrected chi connectivity index (χ0v) is 16.0. The van der Waals surface area contributed by atoms with Gasteiger partial charge in [-0.1, -0.05) is 12.1 Å². The van der Waals surface area contributed by atoms with Crippen molar-refractivity contribution < 1.29 is 14.0 Å². The fraction of sp³-hybridized carbons (Fsp3) is 0.526. The van der Waals surface area contributed by atoms with E-state index in [0.29, 0.717) is 6.61 Å². The molecule has 0 N–H and O–H groups in total. The molecule has 1 aliphatic rings. The minimum absolute atomic E-state index is 0.348. The summed E-state index contributed by atoms with van der Waals surface area (Å²) >= 11 is 0. The van der Waals surface area contributed by atoms with Crippen LogP contribution in [0, 0.1) is 0 Å². The smallest absolute Gasteiger partial charge is 0.399 e. The number of hydrogen-bond donors (Lipinski definition) is 0. The van der Waals surface area contributed by atoms with E-state index >= 15 is 0 Å². The average Bonchev–Trinajstić information content (AvgIpc) is 2.79. The predicted molar refractivity (Wildman–Crippen MR) is 103 cm³/mol. The van der Waals surface area contributed by atoms with Crippen LogP contribution in [0.15, 0.2) is 30.5 Å². The Morgan fingerprint density at radius 1 is 1.12 bits per heavy atom. The van der Waals surface area contributed by atoms with E-state index in [2.05, 4.69) is 50.7 Å². The van der Waals surface area contributed by atoms with Gasteiger partial charge in [0.2, 0.25) is 0 Å². The second-order valence-electron chi connectivity index (χ2n) is 7.61. The van der Waals surface area contributed by atoms with Gasteiger partial charge in [0.15, 0.2) is 0 Å². The third kappa shape index (κ3) is 3.39. The lowest BCUT2D eigenvalue weighted by atomic mass is 9.78. The highest BCUT2D eigenvalue weighted by atomic mass is 16.7. The van der Waals surface area contributed by atoms with Crippen LogP contribution in [0.3, 0.4) is 0 Å². The van der Waals surface area contributed by atoms with E-state index in [9.17, 15) is 0 Å². The van der Waals surface area contributed by atoms with Crippen molar-refractivity contribution in [1.82, 2.24) is 4.98 Å². The molecule has 1 aromatic carbocycles. The van der Waals surface area contributed by atoms with Crippen LogP contribution in [-0.4, -0.2) is 50.6 Å². The zero-order valence-electron chi connectivity index (χ0n) is 16.0. The van der Waals surface area contributed by atoms with E-state index in [-0.39, 0.29) is 18.3 Å². The lowest BCUT2D eigenvalue weighted by molar-refractivity contribution is 0.00578. The number of rotatable bonds is 5. The summed E-state index contributed by atoms with van der Waals surface area (Å²) in [7, 11) is 3.41. The van der Waals surface area contributed by atoms with Crippen molar-refractivity contribution in [3.8, 4) is 0 Å². The number of aromatic nitrogens is 1. The number of benzene rings is 1. The fourth-order valence-corrected chi connectivity index (χ4v) is 2.96. The first-order valence-electron chi connectivity index (χ1n) is 8.69. The van der Waals surface area contributed by atoms with Crippen molar-refractivity contribution in [3.05, 3.63) is 30.5 Å². The molecule has 0 spiro atoms. The van der Waals surface area contributed by atoms with E-state index in [1.165, 1.54) is 0 Å². The van der Waals surface area contributed by atoms with Crippen LogP contribution in [0.1, 0.15) is 27.7 Å². The first-order valence-corrected chi connectivity index (χ1v) is 8.69. The van der Waals surface area contributed by atoms with Gasteiger partial charge in [-0.15, -0.1) is 0 Å². The second kappa shape index (κ2) is 6.59. The standard InChI is InChI=1S/C19H27BN2O3/c1-18(2)19(3,4)25-20(24-18)14-7-8-16-15(13-14)17(9-10-21-16)22(5)11-12-23-6/h7-10,13H,11-12H2,1-6H3. The van der Waals surface area contributed by atoms with Gasteiger partial charge in [-0.05, 0) is 45.3 Å². The molecule has 0 unspecified atom stereocenters. The molecule has 0 atom stereocenters. The van der Waals surface area contributed by atoms with E-state index < -0.39 is 0 Å². The molecule has 1 aromatic heterocycles. The summed E-state index contributed by atoms with van der Waals surface area (Å²) in [5.74, 6) is 0. The van der Waals surface area contributed by atoms with Crippen molar-refractivity contribution >= 4 is 29.2 Å². The lowest BCUT2D eigenvalue weighted by Crippen LogP contribution is -2.41. The Labute approximate surface area is 150 Å². The van der Waals surface area contributed by atoms with Crippen LogP contribution < -0.4 is 10.4 Å². The fourth-order valence-electron chi connectivity index (χ4n) is 2.96. The minimum Gasteiger partial charge on any atom is -0.399 e. The summed E-state index contributed by atoms with van der Waals surface area (Å²) < 4.78 is 17.6. The van der Waals surface area contributed by atoms with Gasteiger partial charge in [0, 0.05) is 38.0 Å². The number of pyridine rings is 1. The molecule has 3 rings (SSSR count). The monoisotopic (exact) mass is 342 g/mol. The normalized spacial score (nSPS) is 18.7. The van der Waals surface area contributed by atoms with Crippen LogP contribution in [-0.2, 0) is 14.0 Å². The number of methoxy groups -OCH3 is 1. The first kappa shape index (κ1) is 18.2. The number of nitrogens with zero attached hydrogens (tertiary/aromatic N) is 2. The van der Waals surface area contributed by atoms with Crippen molar-refractivity contribution in [1.29, 1.82) is 0 Å². The molecule has 6 heteroatoms. The molecule has 25 heavy (non-hydrogen) atoms. The highest BCUT2D eigenvalue weighted by Crippen LogP contribution is 2.36. The quantitative estimate of drug-likeness (QED) is 0.782. The van der Waals surface area contributed by atoms with Gasteiger partial charge in [0.05, 0.1) is 23.3 Å². The number of hydrogen-bond acceptors (Lipinski definition) is 5. The Morgan fingerprint density at radius 2 is 1.80 bits per heavy atom. The van der Waals surface area contributed by atoms with Crippen LogP contribution in [0.4, 0.5) is 5.69 Å². The Bertz CT molecular complexity index is 747. The molecule has 1 aliphatic heterocycles. The zero-order chi connectivity index (χ0) is 18.2. The summed E-state index contributed by atoms with van der Waals surface area (Å²) in [6, 6.07) is 8.23. The summed E-state index contributed by atoms with van der Waals surface area (Å²) in [5, 5.41) is 1.09. The van der Waals surface area contributed by atoms with Crippen molar-refractivity contribution in [2.75, 3.05) is 32.2 Å². The van der Waals surface area contributed by atoms with Gasteiger partial charge in [-0.3, -0.25) is 4.98 Å². The summed E-state index contributed by atoms with van der Waals surface area (Å²) in [6.07, 6.45) is 1.84. The van der Waals surface area contributed by atoms with Crippen LogP contribution in [0.5, 0.6) is 0 Å². The van der Waals surface area contributed by atoms with Gasteiger partial charge in [0.25, 0.3) is 0 Å². The molecule has 0 amide bonds. The average molecular weight is 342 g/mol. The Hall–Kier alpha value is -1.63. The van der Waals surface area contributed by atoms with Gasteiger partial charge < -0.3 is 18.9 Å². The van der Waals surface area contributed by atoms with Gasteiger partial charge in [0.1, 0.15) is 0 Å². The predicted octanol–water partition coefficient (Wildman–Crippen LogP) is 2.62. The highest BCUT2D eigenvalue weighted by molar-refractivity contribution is 6.62. The van der Waals surface area contributed by atoms with E-state index in [4.69, 9.17) is 14.0 Å². The molecule has 1 fully saturated rings. The lowest BCUT2D eigenvalue weighted by Gasteiger charge is -2.32. The number of anilines is 1. The Morgan fingerprint density at radius 3 is 2.44 bits per heavy atom. The molecular formula is C19H27BN2O3. The van der Waals surface area contributed by atoms with E-state index in [1.807, 2.05) is 24.4 Å². The second-order valence-corrected chi connectivity index (χ2v) is 7.61. The van der Waals surface area contributed by atoms with Crippen LogP contribution >= 0.6 is 0 Å². The maximum atomic E-state index is 6.19. The largest absolute Gasteiger partial charge is 0.494 e. The van der Waals surface area contributed by atoms with Gasteiger partial charge >= 0.3 is 7.12 Å². The third-order valence-electron chi connectivity index (χ3n) is 5.31. The molecule has 2 heterocycles. The topological polar surface area (TPSA) is 43.8 Å². The van der Waals surface area contributed by atoms with Crippen LogP contribution in [0.2, 0.25) is 0 Å². The van der Waals surface area contributed by atoms with Crippen LogP contribution in [0.25, 0.3) is 10.9 Å². The Balaban J connectivity index is 1.97. The number of fused-ring (bicyclic) bond motifs is 1. The maximum absolute atomic E-state index is 6.19. The molecule has 0 saturated carbocycles. The summed E-state index contributed by atoms with van der Waals surface area (Å²) in [6.45, 7) is 9.77. The van der Waals surface area contributed by atoms with Gasteiger partial charge in [-0.25, -0.2) is 0 Å². The van der Waals surface area contributed by atoms with Gasteiger partial charge in [-0.2, -0.15) is 0 Å². The molecule has 1 saturated heterocycles. The molecule has 0 radical (unpaired) electrons. The van der Waals surface area contributed by atoms with E-state index in [1.54, 1.807) is 7.11 Å². The SMILES string of the molecule is COCCN(C)c1ccnc2ccc(B3OC(C)(C)C(C)(C)O3)cc12. The molecule has 0 aliphatic carbocycles. The summed E-state index contributed by atoms with van der Waals surface area (Å²) in [4.78, 5) is 6.67. The van der Waals surface area contributed by atoms with Crippen molar-refractivity contribution in [3.63, 3.8) is 0 Å². The molecule has 134 valence electrons. The van der Waals surface area contributed by atoms with E-state index in [0.717, 1.165) is 28.6 Å². The van der Waals surface area contributed by atoms with Crippen molar-refractivity contribution in [2.45, 2.75) is 38.9 Å². The first-order chi connectivity index (χ1) is 11.7. The maximum Gasteiger partial charge on any atom is 0.494 e. The number of ether oxygens (including phenoxy) is 1. The number of likely N-dealkylation sites (N-methyl/N-ethyl adjacent to an activating group) is 1. The molecule has 5 nitrogen and oxygen atoms in total. The third-order valence-corrected chi connectivity index (χ3v) is 5.31. The highest BCUT2D eigenvalue weighted by Gasteiger charge is 2.51. The molecule has 2 aromatic rings. The Kier molecular flexibility index (Phi) is 4.79. The molecular weight excluding hydrogens is 315 g/mol.